The van der Waals surface area contributed by atoms with Crippen LogP contribution in [0.2, 0.25) is 5.02 Å². The minimum absolute atomic E-state index is 0.0800. The molecule has 0 atom stereocenters. The van der Waals surface area contributed by atoms with Crippen LogP contribution in [0, 0.1) is 13.8 Å². The van der Waals surface area contributed by atoms with Crippen molar-refractivity contribution in [3.05, 3.63) is 45.7 Å². The zero-order valence-corrected chi connectivity index (χ0v) is 17.2. The van der Waals surface area contributed by atoms with E-state index in [1.165, 1.54) is 4.68 Å². The summed E-state index contributed by atoms with van der Waals surface area (Å²) < 4.78 is 40.7. The molecule has 0 saturated heterocycles. The summed E-state index contributed by atoms with van der Waals surface area (Å²) in [4.78, 5) is 0. The number of halogens is 4. The first-order valence-corrected chi connectivity index (χ1v) is 9.90. The van der Waals surface area contributed by atoms with E-state index in [0.717, 1.165) is 29.7 Å². The number of nitrogens with one attached hydrogen (secondary N) is 2. The lowest BCUT2D eigenvalue weighted by atomic mass is 10.1. The summed E-state index contributed by atoms with van der Waals surface area (Å²) in [6, 6.07) is 6.06. The van der Waals surface area contributed by atoms with Crippen molar-refractivity contribution in [2.45, 2.75) is 51.7 Å². The number of anilines is 1. The van der Waals surface area contributed by atoms with Crippen LogP contribution in [0.15, 0.2) is 18.2 Å². The lowest BCUT2D eigenvalue weighted by Crippen LogP contribution is -2.30. The van der Waals surface area contributed by atoms with Gasteiger partial charge >= 0.3 is 6.18 Å². The molecule has 1 aliphatic rings. The third-order valence-electron chi connectivity index (χ3n) is 4.48. The van der Waals surface area contributed by atoms with Gasteiger partial charge in [-0.3, -0.25) is 4.68 Å². The molecule has 1 fully saturated rings. The van der Waals surface area contributed by atoms with Gasteiger partial charge in [0.25, 0.3) is 0 Å². The van der Waals surface area contributed by atoms with E-state index in [4.69, 9.17) is 23.8 Å². The maximum absolute atomic E-state index is 13.1. The highest BCUT2D eigenvalue weighted by Gasteiger charge is 2.41. The van der Waals surface area contributed by atoms with E-state index in [0.29, 0.717) is 30.3 Å². The molecule has 0 radical (unpaired) electrons. The molecule has 1 saturated carbocycles. The molecule has 28 heavy (non-hydrogen) atoms. The molecule has 2 N–H and O–H groups in total. The molecule has 1 heterocycles. The van der Waals surface area contributed by atoms with Crippen LogP contribution in [0.3, 0.4) is 0 Å². The van der Waals surface area contributed by atoms with Gasteiger partial charge in [-0.25, -0.2) is 0 Å². The zero-order chi connectivity index (χ0) is 20.5. The molecule has 9 heteroatoms. The van der Waals surface area contributed by atoms with E-state index in [2.05, 4.69) is 21.8 Å². The fraction of sp³-hybridized carbons (Fsp3) is 0.474. The van der Waals surface area contributed by atoms with Crippen molar-refractivity contribution in [1.82, 2.24) is 15.1 Å². The number of alkyl halides is 3. The highest BCUT2D eigenvalue weighted by molar-refractivity contribution is 7.80. The Kier molecular flexibility index (Phi) is 6.19. The SMILES string of the molecule is Cc1cc(C)cc(NC(=S)NCCCn2nc(C(F)(F)F)c(Cl)c2C2CC2)c1. The lowest BCUT2D eigenvalue weighted by molar-refractivity contribution is -0.141. The van der Waals surface area contributed by atoms with E-state index in [1.54, 1.807) is 0 Å². The molecular weight excluding hydrogens is 409 g/mol. The van der Waals surface area contributed by atoms with Crippen LogP contribution in [-0.2, 0) is 12.7 Å². The minimum atomic E-state index is -4.54. The molecule has 0 aliphatic heterocycles. The molecule has 0 spiro atoms. The molecule has 1 aromatic carbocycles. The lowest BCUT2D eigenvalue weighted by Gasteiger charge is -2.12. The molecular formula is C19H22ClF3N4S. The molecule has 3 rings (SSSR count). The summed E-state index contributed by atoms with van der Waals surface area (Å²) in [6.07, 6.45) is -2.26. The number of thiocarbonyl (C=S) groups is 1. The number of aromatic nitrogens is 2. The molecule has 1 aliphatic carbocycles. The highest BCUT2D eigenvalue weighted by Crippen LogP contribution is 2.46. The third kappa shape index (κ3) is 5.17. The quantitative estimate of drug-likeness (QED) is 0.474. The molecule has 2 aromatic rings. The number of nitrogens with zero attached hydrogens (tertiary/aromatic N) is 2. The number of benzene rings is 1. The molecule has 0 amide bonds. The normalized spacial score (nSPS) is 14.2. The van der Waals surface area contributed by atoms with Gasteiger partial charge in [0.2, 0.25) is 0 Å². The van der Waals surface area contributed by atoms with Crippen LogP contribution >= 0.6 is 23.8 Å². The molecule has 4 nitrogen and oxygen atoms in total. The van der Waals surface area contributed by atoms with Gasteiger partial charge in [0.05, 0.1) is 10.7 Å². The number of aryl methyl sites for hydroxylation is 3. The molecule has 0 unspecified atom stereocenters. The standard InChI is InChI=1S/C19H22ClF3N4S/c1-11-8-12(2)10-14(9-11)25-18(28)24-6-3-7-27-16(13-4-5-13)15(20)17(26-27)19(21,22)23/h8-10,13H,3-7H2,1-2H3,(H2,24,25,28). The van der Waals surface area contributed by atoms with Crippen molar-refractivity contribution < 1.29 is 13.2 Å². The van der Waals surface area contributed by atoms with Crippen molar-refractivity contribution >= 4 is 34.6 Å². The van der Waals surface area contributed by atoms with Crippen molar-refractivity contribution in [3.63, 3.8) is 0 Å². The van der Waals surface area contributed by atoms with Gasteiger partial charge in [-0.1, -0.05) is 17.7 Å². The summed E-state index contributed by atoms with van der Waals surface area (Å²) in [5.74, 6) is 0.0800. The fourth-order valence-corrected chi connectivity index (χ4v) is 3.82. The van der Waals surface area contributed by atoms with Gasteiger partial charge in [0.15, 0.2) is 10.8 Å². The van der Waals surface area contributed by atoms with Crippen LogP contribution in [0.25, 0.3) is 0 Å². The van der Waals surface area contributed by atoms with Crippen molar-refractivity contribution in [3.8, 4) is 0 Å². The smallest absolute Gasteiger partial charge is 0.362 e. The predicted octanol–water partition coefficient (Wildman–Crippen LogP) is 5.43. The Balaban J connectivity index is 1.54. The Hall–Kier alpha value is -1.80. The fourth-order valence-electron chi connectivity index (χ4n) is 3.20. The summed E-state index contributed by atoms with van der Waals surface area (Å²) in [5, 5.41) is 10.2. The summed E-state index contributed by atoms with van der Waals surface area (Å²) in [7, 11) is 0. The van der Waals surface area contributed by atoms with Crippen LogP contribution in [0.1, 0.15) is 47.7 Å². The van der Waals surface area contributed by atoms with Crippen molar-refractivity contribution in [1.29, 1.82) is 0 Å². The Labute approximate surface area is 172 Å². The Morgan fingerprint density at radius 1 is 1.25 bits per heavy atom. The van der Waals surface area contributed by atoms with Crippen LogP contribution in [-0.4, -0.2) is 21.4 Å². The number of hydrogen-bond acceptors (Lipinski definition) is 2. The summed E-state index contributed by atoms with van der Waals surface area (Å²) >= 11 is 11.3. The second kappa shape index (κ2) is 8.29. The summed E-state index contributed by atoms with van der Waals surface area (Å²) in [6.45, 7) is 4.88. The first-order valence-electron chi connectivity index (χ1n) is 9.11. The average molecular weight is 431 g/mol. The number of rotatable bonds is 6. The van der Waals surface area contributed by atoms with Gasteiger partial charge in [0, 0.05) is 24.7 Å². The monoisotopic (exact) mass is 430 g/mol. The second-order valence-corrected chi connectivity index (χ2v) is 7.94. The zero-order valence-electron chi connectivity index (χ0n) is 15.7. The Morgan fingerprint density at radius 2 is 1.89 bits per heavy atom. The minimum Gasteiger partial charge on any atom is -0.362 e. The maximum atomic E-state index is 13.1. The van der Waals surface area contributed by atoms with Crippen molar-refractivity contribution in [2.75, 3.05) is 11.9 Å². The molecule has 152 valence electrons. The second-order valence-electron chi connectivity index (χ2n) is 7.15. The van der Waals surface area contributed by atoms with E-state index in [1.807, 2.05) is 26.0 Å². The van der Waals surface area contributed by atoms with Crippen molar-refractivity contribution in [2.24, 2.45) is 0 Å². The average Bonchev–Trinajstić information content (AvgIpc) is 3.33. The van der Waals surface area contributed by atoms with Crippen LogP contribution < -0.4 is 10.6 Å². The van der Waals surface area contributed by atoms with E-state index in [9.17, 15) is 13.2 Å². The van der Waals surface area contributed by atoms with Gasteiger partial charge in [-0.2, -0.15) is 18.3 Å². The van der Waals surface area contributed by atoms with E-state index in [-0.39, 0.29) is 10.9 Å². The summed E-state index contributed by atoms with van der Waals surface area (Å²) in [5.41, 5.74) is 2.68. The third-order valence-corrected chi connectivity index (χ3v) is 5.09. The van der Waals surface area contributed by atoms with Gasteiger partial charge < -0.3 is 10.6 Å². The first kappa shape index (κ1) is 20.9. The first-order chi connectivity index (χ1) is 13.1. The van der Waals surface area contributed by atoms with Crippen LogP contribution in [0.4, 0.5) is 18.9 Å². The topological polar surface area (TPSA) is 41.9 Å². The molecule has 0 bridgehead atoms. The van der Waals surface area contributed by atoms with Gasteiger partial charge in [-0.15, -0.1) is 0 Å². The van der Waals surface area contributed by atoms with E-state index >= 15 is 0 Å². The largest absolute Gasteiger partial charge is 0.436 e. The van der Waals surface area contributed by atoms with Crippen LogP contribution in [0.5, 0.6) is 0 Å². The molecule has 1 aromatic heterocycles. The number of hydrogen-bond donors (Lipinski definition) is 2. The van der Waals surface area contributed by atoms with Gasteiger partial charge in [0.1, 0.15) is 0 Å². The van der Waals surface area contributed by atoms with Gasteiger partial charge in [-0.05, 0) is 68.6 Å². The Morgan fingerprint density at radius 3 is 2.46 bits per heavy atom. The maximum Gasteiger partial charge on any atom is 0.436 e. The Bertz CT molecular complexity index is 855. The highest BCUT2D eigenvalue weighted by atomic mass is 35.5. The van der Waals surface area contributed by atoms with E-state index < -0.39 is 11.9 Å². The predicted molar refractivity (Wildman–Crippen MR) is 109 cm³/mol.